The molecule has 0 aromatic carbocycles. The second-order valence-electron chi connectivity index (χ2n) is 17.0. The largest absolute Gasteiger partial charge is 0.462 e. The number of carbonyl (C=O) groups excluding carboxylic acids is 2. The molecule has 0 rings (SSSR count). The van der Waals surface area contributed by atoms with Crippen LogP contribution >= 0.6 is 0 Å². The van der Waals surface area contributed by atoms with E-state index in [2.05, 4.69) is 111 Å². The Balaban J connectivity index is 4.77. The first-order valence-electron chi connectivity index (χ1n) is 25.8. The van der Waals surface area contributed by atoms with Gasteiger partial charge in [-0.1, -0.05) is 226 Å². The fourth-order valence-electron chi connectivity index (χ4n) is 7.01. The third kappa shape index (κ3) is 44.9. The topological polar surface area (TPSA) is 95.9 Å². The van der Waals surface area contributed by atoms with E-state index < -0.39 is 18.2 Å². The van der Waals surface area contributed by atoms with Crippen molar-refractivity contribution in [1.82, 2.24) is 5.32 Å². The van der Waals surface area contributed by atoms with Gasteiger partial charge >= 0.3 is 5.97 Å². The lowest BCUT2D eigenvalue weighted by Gasteiger charge is -2.24. The van der Waals surface area contributed by atoms with Gasteiger partial charge in [0.05, 0.1) is 25.2 Å². The van der Waals surface area contributed by atoms with Gasteiger partial charge in [-0.3, -0.25) is 9.59 Å². The minimum atomic E-state index is -0.813. The van der Waals surface area contributed by atoms with Gasteiger partial charge in [0.2, 0.25) is 5.91 Å². The molecule has 362 valence electrons. The minimum absolute atomic E-state index is 0.0275. The zero-order valence-electron chi connectivity index (χ0n) is 41.1. The normalized spacial score (nSPS) is 14.3. The highest BCUT2D eigenvalue weighted by Crippen LogP contribution is 2.16. The number of aliphatic hydroxyl groups is 2. The number of hydrogen-bond acceptors (Lipinski definition) is 5. The van der Waals surface area contributed by atoms with Crippen molar-refractivity contribution in [3.05, 3.63) is 122 Å². The van der Waals surface area contributed by atoms with Gasteiger partial charge in [0.1, 0.15) is 6.10 Å². The maximum Gasteiger partial charge on any atom is 0.306 e. The Morgan fingerprint density at radius 1 is 0.484 bits per heavy atom. The molecular weight excluding hydrogens is 791 g/mol. The van der Waals surface area contributed by atoms with Crippen LogP contribution in [-0.2, 0) is 14.3 Å². The van der Waals surface area contributed by atoms with Gasteiger partial charge in [-0.05, 0) is 89.9 Å². The summed E-state index contributed by atoms with van der Waals surface area (Å²) in [6.07, 6.45) is 69.6. The highest BCUT2D eigenvalue weighted by molar-refractivity contribution is 5.77. The smallest absolute Gasteiger partial charge is 0.306 e. The molecule has 64 heavy (non-hydrogen) atoms. The standard InChI is InChI=1S/C58H95NO5/c1-4-7-10-13-16-19-22-24-26-28-29-30-32-34-36-39-42-45-48-51-58(63)64-54(49-46-43-40-37-35-33-31-27-25-23-20-17-14-11-8-5-2)52-57(62)59-55(53-60)56(61)50-47-44-41-38-21-18-15-12-9-6-3/h7,10-11,14,16-17,19-20,23-27,29-31,33-36,54-56,60-61H,4-6,8-9,12-13,15,18,21-22,28,32,37-53H2,1-3H3,(H,59,62)/b10-7-,14-11+,19-16-,20-17+,25-23+,26-24-,30-29-,31-27+,35-33+,36-34-. The lowest BCUT2D eigenvalue weighted by atomic mass is 10.0. The van der Waals surface area contributed by atoms with Crippen molar-refractivity contribution in [3.8, 4) is 0 Å². The van der Waals surface area contributed by atoms with Gasteiger partial charge < -0.3 is 20.3 Å². The average molecular weight is 886 g/mol. The Hall–Kier alpha value is -3.74. The van der Waals surface area contributed by atoms with Gasteiger partial charge in [0.15, 0.2) is 0 Å². The second-order valence-corrected chi connectivity index (χ2v) is 17.0. The highest BCUT2D eigenvalue weighted by atomic mass is 16.5. The Kier molecular flexibility index (Phi) is 47.3. The van der Waals surface area contributed by atoms with Crippen LogP contribution in [0.15, 0.2) is 122 Å². The van der Waals surface area contributed by atoms with Crippen LogP contribution in [0.2, 0.25) is 0 Å². The van der Waals surface area contributed by atoms with Crippen molar-refractivity contribution < 1.29 is 24.5 Å². The van der Waals surface area contributed by atoms with Crippen molar-refractivity contribution >= 4 is 11.9 Å². The molecular formula is C58H95NO5. The monoisotopic (exact) mass is 886 g/mol. The van der Waals surface area contributed by atoms with E-state index in [0.717, 1.165) is 116 Å². The Bertz CT molecular complexity index is 1360. The number of unbranched alkanes of at least 4 members (excludes halogenated alkanes) is 16. The van der Waals surface area contributed by atoms with Crippen LogP contribution in [0, 0.1) is 0 Å². The van der Waals surface area contributed by atoms with Crippen LogP contribution in [0.4, 0.5) is 0 Å². The van der Waals surface area contributed by atoms with Gasteiger partial charge in [-0.15, -0.1) is 0 Å². The highest BCUT2D eigenvalue weighted by Gasteiger charge is 2.24. The molecule has 0 aliphatic rings. The summed E-state index contributed by atoms with van der Waals surface area (Å²) in [6, 6.07) is -0.731. The maximum absolute atomic E-state index is 13.2. The van der Waals surface area contributed by atoms with Crippen LogP contribution in [0.1, 0.15) is 207 Å². The van der Waals surface area contributed by atoms with Crippen molar-refractivity contribution in [1.29, 1.82) is 0 Å². The van der Waals surface area contributed by atoms with Crippen molar-refractivity contribution in [2.24, 2.45) is 0 Å². The maximum atomic E-state index is 13.2. The van der Waals surface area contributed by atoms with Crippen LogP contribution in [0.3, 0.4) is 0 Å². The first-order chi connectivity index (χ1) is 31.5. The molecule has 6 heteroatoms. The number of rotatable bonds is 44. The lowest BCUT2D eigenvalue weighted by molar-refractivity contribution is -0.151. The van der Waals surface area contributed by atoms with E-state index in [1.54, 1.807) is 0 Å². The molecule has 0 heterocycles. The summed E-state index contributed by atoms with van der Waals surface area (Å²) in [5.74, 6) is -0.567. The molecule has 0 saturated carbocycles. The molecule has 0 radical (unpaired) electrons. The van der Waals surface area contributed by atoms with Crippen molar-refractivity contribution in [2.75, 3.05) is 6.61 Å². The Morgan fingerprint density at radius 3 is 1.48 bits per heavy atom. The SMILES string of the molecule is CC/C=C\C/C=C\C/C=C\C/C=C\C/C=C\CCCCCC(=O)OC(CCCCC/C=C/C=C/C=C/C=C/C=C/CCC)CC(=O)NC(CO)C(O)CCCCCCCCCCCC. The molecule has 3 unspecified atom stereocenters. The van der Waals surface area contributed by atoms with Gasteiger partial charge in [0.25, 0.3) is 0 Å². The van der Waals surface area contributed by atoms with Crippen LogP contribution < -0.4 is 5.32 Å². The molecule has 0 aliphatic carbocycles. The van der Waals surface area contributed by atoms with E-state index in [9.17, 15) is 19.8 Å². The van der Waals surface area contributed by atoms with E-state index in [4.69, 9.17) is 4.74 Å². The summed E-state index contributed by atoms with van der Waals surface area (Å²) >= 11 is 0. The minimum Gasteiger partial charge on any atom is -0.462 e. The molecule has 0 bridgehead atoms. The van der Waals surface area contributed by atoms with E-state index in [1.807, 2.05) is 36.5 Å². The predicted octanol–water partition coefficient (Wildman–Crippen LogP) is 15.7. The van der Waals surface area contributed by atoms with E-state index >= 15 is 0 Å². The van der Waals surface area contributed by atoms with Crippen LogP contribution in [0.5, 0.6) is 0 Å². The Labute approximate surface area is 393 Å². The van der Waals surface area contributed by atoms with E-state index in [1.165, 1.54) is 44.9 Å². The zero-order chi connectivity index (χ0) is 46.7. The molecule has 0 spiro atoms. The number of aliphatic hydroxyl groups excluding tert-OH is 2. The molecule has 0 aromatic rings. The quantitative estimate of drug-likeness (QED) is 0.0245. The fraction of sp³-hybridized carbons (Fsp3) is 0.621. The number of allylic oxidation sites excluding steroid dienone is 20. The third-order valence-corrected chi connectivity index (χ3v) is 10.9. The number of nitrogens with one attached hydrogen (secondary N) is 1. The fourth-order valence-corrected chi connectivity index (χ4v) is 7.01. The summed E-state index contributed by atoms with van der Waals surface area (Å²) in [7, 11) is 0. The molecule has 0 saturated heterocycles. The number of ether oxygens (including phenoxy) is 1. The number of amides is 1. The first kappa shape index (κ1) is 60.3. The Morgan fingerprint density at radius 2 is 0.938 bits per heavy atom. The molecule has 3 atom stereocenters. The van der Waals surface area contributed by atoms with Gasteiger partial charge in [-0.25, -0.2) is 0 Å². The predicted molar refractivity (Wildman–Crippen MR) is 277 cm³/mol. The van der Waals surface area contributed by atoms with Crippen molar-refractivity contribution in [3.63, 3.8) is 0 Å². The molecule has 1 amide bonds. The van der Waals surface area contributed by atoms with Gasteiger partial charge in [-0.2, -0.15) is 0 Å². The summed E-state index contributed by atoms with van der Waals surface area (Å²) in [5, 5.41) is 23.7. The summed E-state index contributed by atoms with van der Waals surface area (Å²) < 4.78 is 5.90. The van der Waals surface area contributed by atoms with Crippen LogP contribution in [-0.4, -0.2) is 46.9 Å². The van der Waals surface area contributed by atoms with Gasteiger partial charge in [0, 0.05) is 6.42 Å². The van der Waals surface area contributed by atoms with E-state index in [0.29, 0.717) is 19.3 Å². The summed E-state index contributed by atoms with van der Waals surface area (Å²) in [6.45, 7) is 6.23. The number of carbonyl (C=O) groups is 2. The summed E-state index contributed by atoms with van der Waals surface area (Å²) in [4.78, 5) is 26.2. The zero-order valence-corrected chi connectivity index (χ0v) is 41.1. The number of esters is 1. The molecule has 0 aromatic heterocycles. The first-order valence-corrected chi connectivity index (χ1v) is 25.8. The molecule has 0 aliphatic heterocycles. The lowest BCUT2D eigenvalue weighted by Crippen LogP contribution is -2.46. The number of hydrogen-bond donors (Lipinski definition) is 3. The summed E-state index contributed by atoms with van der Waals surface area (Å²) in [5.41, 5.74) is 0. The third-order valence-electron chi connectivity index (χ3n) is 10.9. The average Bonchev–Trinajstić information content (AvgIpc) is 3.29. The van der Waals surface area contributed by atoms with Crippen LogP contribution in [0.25, 0.3) is 0 Å². The second kappa shape index (κ2) is 50.3. The molecule has 3 N–H and O–H groups in total. The van der Waals surface area contributed by atoms with E-state index in [-0.39, 0.29) is 24.9 Å². The molecule has 0 fully saturated rings. The van der Waals surface area contributed by atoms with Crippen molar-refractivity contribution in [2.45, 2.75) is 225 Å². The molecule has 6 nitrogen and oxygen atoms in total.